The van der Waals surface area contributed by atoms with Gasteiger partial charge in [0.15, 0.2) is 0 Å². The summed E-state index contributed by atoms with van der Waals surface area (Å²) in [6.07, 6.45) is 0. The molecule has 3 rings (SSSR count). The van der Waals surface area contributed by atoms with Crippen LogP contribution in [-0.2, 0) is 5.75 Å². The van der Waals surface area contributed by atoms with Gasteiger partial charge < -0.3 is 5.32 Å². The van der Waals surface area contributed by atoms with Crippen molar-refractivity contribution in [1.29, 1.82) is 0 Å². The number of thioether (sulfide) groups is 1. The van der Waals surface area contributed by atoms with E-state index in [9.17, 15) is 4.79 Å². The van der Waals surface area contributed by atoms with Crippen molar-refractivity contribution in [2.24, 2.45) is 0 Å². The Balaban J connectivity index is 1.58. The first kappa shape index (κ1) is 20.2. The lowest BCUT2D eigenvalue weighted by molar-refractivity contribution is 0.0940. The fraction of sp³-hybridized carbons (Fsp3) is 0.240. The SMILES string of the molecule is Cc1ccc(SCc2ccc(C(=O)NC(C)c3ccc(C)c(C)c3)cc2)cc1. The average molecular weight is 390 g/mol. The fourth-order valence-electron chi connectivity index (χ4n) is 2.95. The molecule has 0 spiro atoms. The molecule has 0 fully saturated rings. The van der Waals surface area contributed by atoms with E-state index in [2.05, 4.69) is 68.6 Å². The summed E-state index contributed by atoms with van der Waals surface area (Å²) in [5, 5.41) is 3.10. The molecule has 1 N–H and O–H groups in total. The summed E-state index contributed by atoms with van der Waals surface area (Å²) < 4.78 is 0. The average Bonchev–Trinajstić information content (AvgIpc) is 2.70. The molecule has 1 atom stereocenters. The quantitative estimate of drug-likeness (QED) is 0.495. The largest absolute Gasteiger partial charge is 0.346 e. The number of benzene rings is 3. The Kier molecular flexibility index (Phi) is 6.58. The van der Waals surface area contributed by atoms with E-state index in [-0.39, 0.29) is 11.9 Å². The van der Waals surface area contributed by atoms with E-state index in [1.54, 1.807) is 11.8 Å². The summed E-state index contributed by atoms with van der Waals surface area (Å²) in [5.41, 5.74) is 6.82. The molecule has 3 aromatic carbocycles. The molecule has 3 heteroatoms. The lowest BCUT2D eigenvalue weighted by atomic mass is 10.0. The third-order valence-electron chi connectivity index (χ3n) is 5.02. The highest BCUT2D eigenvalue weighted by atomic mass is 32.2. The van der Waals surface area contributed by atoms with E-state index < -0.39 is 0 Å². The van der Waals surface area contributed by atoms with Gasteiger partial charge in [0.05, 0.1) is 6.04 Å². The maximum atomic E-state index is 12.6. The van der Waals surface area contributed by atoms with Gasteiger partial charge in [0.25, 0.3) is 5.91 Å². The van der Waals surface area contributed by atoms with E-state index in [0.717, 1.165) is 11.3 Å². The summed E-state index contributed by atoms with van der Waals surface area (Å²) >= 11 is 1.81. The minimum Gasteiger partial charge on any atom is -0.346 e. The van der Waals surface area contributed by atoms with E-state index in [4.69, 9.17) is 0 Å². The fourth-order valence-corrected chi connectivity index (χ4v) is 3.81. The molecule has 28 heavy (non-hydrogen) atoms. The van der Waals surface area contributed by atoms with Crippen molar-refractivity contribution in [3.8, 4) is 0 Å². The van der Waals surface area contributed by atoms with Crippen LogP contribution in [0.5, 0.6) is 0 Å². The number of hydrogen-bond donors (Lipinski definition) is 1. The van der Waals surface area contributed by atoms with Gasteiger partial charge in [-0.1, -0.05) is 48.0 Å². The van der Waals surface area contributed by atoms with Crippen LogP contribution < -0.4 is 5.32 Å². The van der Waals surface area contributed by atoms with Gasteiger partial charge >= 0.3 is 0 Å². The zero-order chi connectivity index (χ0) is 20.1. The van der Waals surface area contributed by atoms with Crippen LogP contribution in [0.3, 0.4) is 0 Å². The van der Waals surface area contributed by atoms with Crippen LogP contribution in [-0.4, -0.2) is 5.91 Å². The van der Waals surface area contributed by atoms with Crippen molar-refractivity contribution in [2.75, 3.05) is 0 Å². The van der Waals surface area contributed by atoms with Gasteiger partial charge in [0.1, 0.15) is 0 Å². The normalized spacial score (nSPS) is 11.9. The highest BCUT2D eigenvalue weighted by Crippen LogP contribution is 2.23. The number of nitrogens with one attached hydrogen (secondary N) is 1. The standard InChI is InChI=1S/C25H27NOS/c1-17-5-13-24(14-6-17)28-16-21-8-11-22(12-9-21)25(27)26-20(4)23-10-7-18(2)19(3)15-23/h5-15,20H,16H2,1-4H3,(H,26,27). The van der Waals surface area contributed by atoms with Gasteiger partial charge in [-0.3, -0.25) is 4.79 Å². The summed E-state index contributed by atoms with van der Waals surface area (Å²) in [6.45, 7) is 8.31. The Hall–Kier alpha value is -2.52. The molecule has 144 valence electrons. The Morgan fingerprint density at radius 1 is 0.893 bits per heavy atom. The minimum absolute atomic E-state index is 0.0245. The Labute approximate surface area is 172 Å². The molecule has 0 saturated heterocycles. The lowest BCUT2D eigenvalue weighted by Crippen LogP contribution is -2.26. The minimum atomic E-state index is -0.0385. The predicted molar refractivity (Wildman–Crippen MR) is 119 cm³/mol. The van der Waals surface area contributed by atoms with Crippen LogP contribution in [0.2, 0.25) is 0 Å². The van der Waals surface area contributed by atoms with E-state index in [1.165, 1.54) is 27.1 Å². The van der Waals surface area contributed by atoms with E-state index in [1.807, 2.05) is 31.2 Å². The second-order valence-electron chi connectivity index (χ2n) is 7.34. The second kappa shape index (κ2) is 9.11. The number of carbonyl (C=O) groups is 1. The number of carbonyl (C=O) groups excluding carboxylic acids is 1. The van der Waals surface area contributed by atoms with Gasteiger partial charge in [-0.25, -0.2) is 0 Å². The molecular formula is C25H27NOS. The summed E-state index contributed by atoms with van der Waals surface area (Å²) in [5.74, 6) is 0.854. The molecule has 1 unspecified atom stereocenters. The summed E-state index contributed by atoms with van der Waals surface area (Å²) in [6, 6.07) is 22.8. The number of aryl methyl sites for hydroxylation is 3. The number of hydrogen-bond acceptors (Lipinski definition) is 2. The van der Waals surface area contributed by atoms with Crippen LogP contribution in [0.15, 0.2) is 71.6 Å². The first-order valence-corrected chi connectivity index (χ1v) is 10.6. The molecule has 0 aliphatic heterocycles. The van der Waals surface area contributed by atoms with Crippen LogP contribution in [0.1, 0.15) is 51.1 Å². The number of amides is 1. The first-order chi connectivity index (χ1) is 13.4. The van der Waals surface area contributed by atoms with E-state index >= 15 is 0 Å². The molecule has 0 aromatic heterocycles. The van der Waals surface area contributed by atoms with Crippen molar-refractivity contribution in [3.63, 3.8) is 0 Å². The molecule has 1 amide bonds. The van der Waals surface area contributed by atoms with Gasteiger partial charge in [0.2, 0.25) is 0 Å². The third-order valence-corrected chi connectivity index (χ3v) is 6.10. The van der Waals surface area contributed by atoms with Crippen molar-refractivity contribution >= 4 is 17.7 Å². The zero-order valence-corrected chi connectivity index (χ0v) is 17.8. The summed E-state index contributed by atoms with van der Waals surface area (Å²) in [4.78, 5) is 13.8. The topological polar surface area (TPSA) is 29.1 Å². The van der Waals surface area contributed by atoms with Crippen molar-refractivity contribution < 1.29 is 4.79 Å². The summed E-state index contributed by atoms with van der Waals surface area (Å²) in [7, 11) is 0. The van der Waals surface area contributed by atoms with Gasteiger partial charge in [-0.05, 0) is 74.2 Å². The third kappa shape index (κ3) is 5.26. The monoisotopic (exact) mass is 389 g/mol. The Morgan fingerprint density at radius 2 is 1.57 bits per heavy atom. The molecule has 0 saturated carbocycles. The molecule has 0 bridgehead atoms. The maximum Gasteiger partial charge on any atom is 0.251 e. The van der Waals surface area contributed by atoms with Crippen molar-refractivity contribution in [1.82, 2.24) is 5.32 Å². The van der Waals surface area contributed by atoms with Crippen LogP contribution in [0.25, 0.3) is 0 Å². The lowest BCUT2D eigenvalue weighted by Gasteiger charge is -2.16. The molecule has 0 heterocycles. The van der Waals surface area contributed by atoms with Gasteiger partial charge in [-0.2, -0.15) is 0 Å². The van der Waals surface area contributed by atoms with Crippen molar-refractivity contribution in [3.05, 3.63) is 100 Å². The van der Waals surface area contributed by atoms with E-state index in [0.29, 0.717) is 5.56 Å². The van der Waals surface area contributed by atoms with Crippen LogP contribution >= 0.6 is 11.8 Å². The second-order valence-corrected chi connectivity index (χ2v) is 8.39. The van der Waals surface area contributed by atoms with Crippen LogP contribution in [0, 0.1) is 20.8 Å². The molecule has 0 radical (unpaired) electrons. The highest BCUT2D eigenvalue weighted by Gasteiger charge is 2.12. The zero-order valence-electron chi connectivity index (χ0n) is 17.0. The van der Waals surface area contributed by atoms with Gasteiger partial charge in [0, 0.05) is 16.2 Å². The highest BCUT2D eigenvalue weighted by molar-refractivity contribution is 7.98. The molecule has 2 nitrogen and oxygen atoms in total. The molecule has 3 aromatic rings. The Bertz CT molecular complexity index is 945. The van der Waals surface area contributed by atoms with Gasteiger partial charge in [-0.15, -0.1) is 11.8 Å². The first-order valence-electron chi connectivity index (χ1n) is 9.59. The van der Waals surface area contributed by atoms with Crippen molar-refractivity contribution in [2.45, 2.75) is 44.4 Å². The maximum absolute atomic E-state index is 12.6. The van der Waals surface area contributed by atoms with Crippen LogP contribution in [0.4, 0.5) is 0 Å². The smallest absolute Gasteiger partial charge is 0.251 e. The molecular weight excluding hydrogens is 362 g/mol. The Morgan fingerprint density at radius 3 is 2.21 bits per heavy atom. The molecule has 0 aliphatic carbocycles. The predicted octanol–water partition coefficient (Wildman–Crippen LogP) is 6.40. The molecule has 0 aliphatic rings. The number of rotatable bonds is 6.